The molecule has 40 heavy (non-hydrogen) atoms. The highest BCUT2D eigenvalue weighted by molar-refractivity contribution is 6.34. The number of nitrogens with zero attached hydrogens (tertiary/aromatic N) is 3. The lowest BCUT2D eigenvalue weighted by Crippen LogP contribution is -2.16. The molecule has 0 aliphatic heterocycles. The summed E-state index contributed by atoms with van der Waals surface area (Å²) in [4.78, 5) is 31.4. The number of amides is 2. The molecule has 5 rings (SSSR count). The molecule has 0 unspecified atom stereocenters. The number of benzene rings is 3. The van der Waals surface area contributed by atoms with E-state index >= 15 is 0 Å². The molecular formula is C30H28Cl2N6O2. The van der Waals surface area contributed by atoms with Gasteiger partial charge in [0.1, 0.15) is 0 Å². The average Bonchev–Trinajstić information content (AvgIpc) is 3.48. The molecule has 2 heterocycles. The average molecular weight is 576 g/mol. The number of halogens is 2. The molecular weight excluding hydrogens is 547 g/mol. The largest absolute Gasteiger partial charge is 0.321 e. The summed E-state index contributed by atoms with van der Waals surface area (Å²) in [6, 6.07) is 17.5. The highest BCUT2D eigenvalue weighted by Crippen LogP contribution is 2.28. The Morgan fingerprint density at radius 1 is 0.800 bits per heavy atom. The highest BCUT2D eigenvalue weighted by atomic mass is 35.5. The summed E-state index contributed by atoms with van der Waals surface area (Å²) in [5, 5.41) is 14.3. The first kappa shape index (κ1) is 27.4. The molecule has 0 fully saturated rings. The minimum absolute atomic E-state index is 0.111. The molecule has 0 aliphatic rings. The minimum atomic E-state index is -0.434. The van der Waals surface area contributed by atoms with Gasteiger partial charge >= 0.3 is 0 Å². The third-order valence-electron chi connectivity index (χ3n) is 6.40. The van der Waals surface area contributed by atoms with Crippen LogP contribution in [-0.4, -0.2) is 31.6 Å². The van der Waals surface area contributed by atoms with Crippen molar-refractivity contribution in [3.05, 3.63) is 98.7 Å². The van der Waals surface area contributed by atoms with E-state index in [1.807, 2.05) is 32.0 Å². The normalized spacial score (nSPS) is 11.6. The van der Waals surface area contributed by atoms with Gasteiger partial charge in [0.05, 0.1) is 21.4 Å². The third kappa shape index (κ3) is 5.73. The van der Waals surface area contributed by atoms with Crippen LogP contribution in [0.5, 0.6) is 0 Å². The van der Waals surface area contributed by atoms with Gasteiger partial charge in [-0.3, -0.25) is 14.7 Å². The standard InChI is InChI=1S/C30H28Cl2N6O2/c1-16-6-8-21(31)23(10-16)33-28(39)19-12-18(27-35-26-15-25(30(3,4)5)36-38(26)37-27)13-20(14-19)29(40)34-24-11-17(2)7-9-22(24)32/h6-15,36H,1-5H3,(H,33,39)(H,34,40). The Hall–Kier alpha value is -4.14. The molecule has 0 radical (unpaired) electrons. The van der Waals surface area contributed by atoms with Gasteiger partial charge in [-0.2, -0.15) is 4.63 Å². The number of aromatic nitrogens is 4. The SMILES string of the molecule is Cc1ccc(Cl)c(NC(=O)c2cc(C(=O)Nc3cc(C)ccc3Cl)cc(-c3nc4cc(C(C)(C)C)[nH]n4n3)c2)c1. The van der Waals surface area contributed by atoms with Crippen LogP contribution in [0.2, 0.25) is 10.0 Å². The minimum Gasteiger partial charge on any atom is -0.321 e. The summed E-state index contributed by atoms with van der Waals surface area (Å²) < 4.78 is 1.58. The number of aromatic amines is 1. The smallest absolute Gasteiger partial charge is 0.255 e. The van der Waals surface area contributed by atoms with Crippen LogP contribution in [0.3, 0.4) is 0 Å². The lowest BCUT2D eigenvalue weighted by molar-refractivity contribution is 0.102. The number of H-pyrrole nitrogens is 1. The Kier molecular flexibility index (Phi) is 7.16. The van der Waals surface area contributed by atoms with Crippen molar-refractivity contribution in [1.82, 2.24) is 19.8 Å². The first-order valence-corrected chi connectivity index (χ1v) is 13.4. The van der Waals surface area contributed by atoms with Gasteiger partial charge in [0.25, 0.3) is 11.8 Å². The third-order valence-corrected chi connectivity index (χ3v) is 7.05. The number of carbonyl (C=O) groups excluding carboxylic acids is 2. The van der Waals surface area contributed by atoms with Crippen LogP contribution in [0.4, 0.5) is 11.4 Å². The van der Waals surface area contributed by atoms with Gasteiger partial charge in [-0.25, -0.2) is 4.98 Å². The number of fused-ring (bicyclic) bond motifs is 1. The first-order chi connectivity index (χ1) is 18.9. The molecule has 0 atom stereocenters. The topological polar surface area (TPSA) is 104 Å². The van der Waals surface area contributed by atoms with Crippen LogP contribution < -0.4 is 10.6 Å². The summed E-state index contributed by atoms with van der Waals surface area (Å²) in [7, 11) is 0. The van der Waals surface area contributed by atoms with E-state index in [4.69, 9.17) is 23.2 Å². The summed E-state index contributed by atoms with van der Waals surface area (Å²) in [6.07, 6.45) is 0. The quantitative estimate of drug-likeness (QED) is 0.203. The molecule has 0 saturated heterocycles. The van der Waals surface area contributed by atoms with E-state index in [-0.39, 0.29) is 16.5 Å². The summed E-state index contributed by atoms with van der Waals surface area (Å²) in [5.74, 6) is -0.508. The second-order valence-corrected chi connectivity index (χ2v) is 11.6. The first-order valence-electron chi connectivity index (χ1n) is 12.6. The van der Waals surface area contributed by atoms with E-state index in [0.29, 0.717) is 38.5 Å². The van der Waals surface area contributed by atoms with Gasteiger partial charge in [-0.05, 0) is 67.4 Å². The summed E-state index contributed by atoms with van der Waals surface area (Å²) in [6.45, 7) is 10.1. The fourth-order valence-electron chi connectivity index (χ4n) is 4.16. The van der Waals surface area contributed by atoms with Crippen molar-refractivity contribution in [2.45, 2.75) is 40.0 Å². The Morgan fingerprint density at radius 2 is 1.32 bits per heavy atom. The van der Waals surface area contributed by atoms with Gasteiger partial charge in [0.2, 0.25) is 0 Å². The van der Waals surface area contributed by atoms with Crippen molar-refractivity contribution in [2.24, 2.45) is 0 Å². The van der Waals surface area contributed by atoms with Crippen LogP contribution >= 0.6 is 23.2 Å². The molecule has 0 saturated carbocycles. The van der Waals surface area contributed by atoms with Gasteiger partial charge in [-0.1, -0.05) is 56.1 Å². The Morgan fingerprint density at radius 3 is 1.80 bits per heavy atom. The van der Waals surface area contributed by atoms with Gasteiger partial charge in [0.15, 0.2) is 11.5 Å². The number of anilines is 2. The van der Waals surface area contributed by atoms with Gasteiger partial charge < -0.3 is 10.6 Å². The molecule has 2 amide bonds. The molecule has 3 N–H and O–H groups in total. The molecule has 3 aromatic carbocycles. The number of hydrogen-bond donors (Lipinski definition) is 3. The van der Waals surface area contributed by atoms with Crippen LogP contribution in [0.1, 0.15) is 58.3 Å². The molecule has 204 valence electrons. The number of aryl methyl sites for hydroxylation is 2. The fourth-order valence-corrected chi connectivity index (χ4v) is 4.49. The zero-order valence-corrected chi connectivity index (χ0v) is 24.2. The molecule has 0 aliphatic carbocycles. The molecule has 0 bridgehead atoms. The molecule has 5 aromatic rings. The Balaban J connectivity index is 1.55. The summed E-state index contributed by atoms with van der Waals surface area (Å²) in [5.41, 5.74) is 5.29. The van der Waals surface area contributed by atoms with E-state index in [1.165, 1.54) is 6.07 Å². The number of nitrogens with one attached hydrogen (secondary N) is 3. The lowest BCUT2D eigenvalue weighted by atomic mass is 9.93. The van der Waals surface area contributed by atoms with Crippen LogP contribution in [0.25, 0.3) is 17.0 Å². The van der Waals surface area contributed by atoms with Crippen molar-refractivity contribution >= 4 is 52.0 Å². The van der Waals surface area contributed by atoms with Crippen LogP contribution in [0.15, 0.2) is 60.7 Å². The highest BCUT2D eigenvalue weighted by Gasteiger charge is 2.21. The molecule has 8 nitrogen and oxygen atoms in total. The zero-order valence-electron chi connectivity index (χ0n) is 22.7. The van der Waals surface area contributed by atoms with Crippen molar-refractivity contribution < 1.29 is 9.59 Å². The van der Waals surface area contributed by atoms with E-state index in [9.17, 15) is 9.59 Å². The lowest BCUT2D eigenvalue weighted by Gasteiger charge is -2.14. The fraction of sp³-hybridized carbons (Fsp3) is 0.200. The Bertz CT molecular complexity index is 1670. The van der Waals surface area contributed by atoms with Gasteiger partial charge in [0, 0.05) is 33.9 Å². The molecule has 2 aromatic heterocycles. The van der Waals surface area contributed by atoms with Crippen molar-refractivity contribution in [2.75, 3.05) is 10.6 Å². The number of carbonyl (C=O) groups is 2. The van der Waals surface area contributed by atoms with Gasteiger partial charge in [-0.15, -0.1) is 5.10 Å². The van der Waals surface area contributed by atoms with E-state index in [1.54, 1.807) is 41.0 Å². The second kappa shape index (κ2) is 10.4. The maximum absolute atomic E-state index is 13.4. The van der Waals surface area contributed by atoms with E-state index in [2.05, 4.69) is 46.6 Å². The Labute approximate surface area is 241 Å². The molecule has 0 spiro atoms. The maximum atomic E-state index is 13.4. The predicted molar refractivity (Wildman–Crippen MR) is 160 cm³/mol. The van der Waals surface area contributed by atoms with Crippen molar-refractivity contribution in [1.29, 1.82) is 0 Å². The number of hydrogen-bond acceptors (Lipinski definition) is 4. The summed E-state index contributed by atoms with van der Waals surface area (Å²) >= 11 is 12.6. The predicted octanol–water partition coefficient (Wildman–Crippen LogP) is 7.45. The van der Waals surface area contributed by atoms with E-state index < -0.39 is 11.8 Å². The van der Waals surface area contributed by atoms with Crippen molar-refractivity contribution in [3.8, 4) is 11.4 Å². The monoisotopic (exact) mass is 574 g/mol. The van der Waals surface area contributed by atoms with E-state index in [0.717, 1.165) is 16.8 Å². The maximum Gasteiger partial charge on any atom is 0.255 e. The van der Waals surface area contributed by atoms with Crippen LogP contribution in [0, 0.1) is 13.8 Å². The molecule has 10 heteroatoms. The second-order valence-electron chi connectivity index (χ2n) is 10.8. The van der Waals surface area contributed by atoms with Crippen molar-refractivity contribution in [3.63, 3.8) is 0 Å². The number of rotatable bonds is 5. The zero-order chi connectivity index (χ0) is 28.8. The van der Waals surface area contributed by atoms with Crippen LogP contribution in [-0.2, 0) is 5.41 Å².